The lowest BCUT2D eigenvalue weighted by molar-refractivity contribution is -0.149. The number of nitrogens with zero attached hydrogens (tertiary/aromatic N) is 1. The molecule has 0 unspecified atom stereocenters. The second kappa shape index (κ2) is 4.86. The Kier molecular flexibility index (Phi) is 3.99. The third kappa shape index (κ3) is 4.10. The first-order valence-electron chi connectivity index (χ1n) is 5.27. The maximum Gasteiger partial charge on any atom is 0.389 e. The number of rotatable bonds is 2. The molecular formula is C10H16F3NO. The van der Waals surface area contributed by atoms with E-state index in [0.717, 1.165) is 0 Å². The summed E-state index contributed by atoms with van der Waals surface area (Å²) >= 11 is 0. The minimum Gasteiger partial charge on any atom is -0.343 e. The summed E-state index contributed by atoms with van der Waals surface area (Å²) in [7, 11) is 0. The quantitative estimate of drug-likeness (QED) is 0.704. The Hall–Kier alpha value is -0.740. The van der Waals surface area contributed by atoms with Gasteiger partial charge in [-0.15, -0.1) is 0 Å². The first-order chi connectivity index (χ1) is 6.92. The zero-order valence-electron chi connectivity index (χ0n) is 8.81. The van der Waals surface area contributed by atoms with Crippen LogP contribution in [0.2, 0.25) is 0 Å². The molecular weight excluding hydrogens is 207 g/mol. The Morgan fingerprint density at radius 2 is 1.87 bits per heavy atom. The van der Waals surface area contributed by atoms with Crippen molar-refractivity contribution in [1.29, 1.82) is 0 Å². The highest BCUT2D eigenvalue weighted by atomic mass is 19.4. The van der Waals surface area contributed by atoms with Gasteiger partial charge >= 0.3 is 6.18 Å². The average molecular weight is 223 g/mol. The van der Waals surface area contributed by atoms with Crippen LogP contribution in [0.15, 0.2) is 0 Å². The van der Waals surface area contributed by atoms with E-state index < -0.39 is 12.6 Å². The highest BCUT2D eigenvalue weighted by Gasteiger charge is 2.33. The van der Waals surface area contributed by atoms with Crippen LogP contribution in [-0.4, -0.2) is 30.1 Å². The number of likely N-dealkylation sites (tertiary alicyclic amines) is 1. The van der Waals surface area contributed by atoms with Gasteiger partial charge in [0.05, 0.1) is 0 Å². The molecule has 1 fully saturated rings. The fourth-order valence-corrected chi connectivity index (χ4v) is 1.94. The zero-order valence-corrected chi connectivity index (χ0v) is 8.81. The van der Waals surface area contributed by atoms with Crippen molar-refractivity contribution in [3.63, 3.8) is 0 Å². The Morgan fingerprint density at radius 1 is 1.33 bits per heavy atom. The molecule has 0 N–H and O–H groups in total. The lowest BCUT2D eigenvalue weighted by Gasteiger charge is -2.32. The van der Waals surface area contributed by atoms with Gasteiger partial charge in [0.2, 0.25) is 5.91 Å². The lowest BCUT2D eigenvalue weighted by Crippen LogP contribution is -2.38. The topological polar surface area (TPSA) is 20.3 Å². The van der Waals surface area contributed by atoms with E-state index in [-0.39, 0.29) is 11.8 Å². The first-order valence-corrected chi connectivity index (χ1v) is 5.27. The molecule has 1 amide bonds. The van der Waals surface area contributed by atoms with Gasteiger partial charge in [-0.1, -0.05) is 6.92 Å². The molecule has 0 spiro atoms. The number of carbonyl (C=O) groups excluding carboxylic acids is 1. The number of alkyl halides is 3. The Labute approximate surface area is 87.4 Å². The third-order valence-electron chi connectivity index (χ3n) is 2.79. The molecule has 1 heterocycles. The van der Waals surface area contributed by atoms with E-state index >= 15 is 0 Å². The molecule has 0 aromatic heterocycles. The van der Waals surface area contributed by atoms with Crippen LogP contribution in [-0.2, 0) is 4.79 Å². The molecule has 15 heavy (non-hydrogen) atoms. The number of piperidine rings is 1. The van der Waals surface area contributed by atoms with E-state index in [1.54, 1.807) is 11.8 Å². The van der Waals surface area contributed by atoms with Crippen molar-refractivity contribution >= 4 is 5.91 Å². The number of hydrogen-bond donors (Lipinski definition) is 0. The van der Waals surface area contributed by atoms with Crippen LogP contribution in [0.3, 0.4) is 0 Å². The summed E-state index contributed by atoms with van der Waals surface area (Å²) in [4.78, 5) is 12.9. The van der Waals surface area contributed by atoms with Crippen molar-refractivity contribution in [2.45, 2.75) is 38.8 Å². The molecule has 1 aliphatic rings. The van der Waals surface area contributed by atoms with Crippen molar-refractivity contribution in [2.24, 2.45) is 5.92 Å². The second-order valence-electron chi connectivity index (χ2n) is 4.00. The maximum atomic E-state index is 12.1. The summed E-state index contributed by atoms with van der Waals surface area (Å²) < 4.78 is 36.2. The van der Waals surface area contributed by atoms with Gasteiger partial charge in [0.15, 0.2) is 0 Å². The molecule has 88 valence electrons. The number of carbonyl (C=O) groups is 1. The van der Waals surface area contributed by atoms with E-state index in [0.29, 0.717) is 32.4 Å². The van der Waals surface area contributed by atoms with Gasteiger partial charge in [-0.2, -0.15) is 13.2 Å². The minimum absolute atomic E-state index is 0.0421. The standard InChI is InChI=1S/C10H16F3NO/c1-2-9(15)14-5-3-8(4-6-14)7-10(11,12)13/h8H,2-7H2,1H3. The van der Waals surface area contributed by atoms with Gasteiger partial charge in [-0.3, -0.25) is 4.79 Å². The molecule has 1 rings (SSSR count). The predicted molar refractivity (Wildman–Crippen MR) is 50.3 cm³/mol. The molecule has 0 aliphatic carbocycles. The maximum absolute atomic E-state index is 12.1. The Bertz CT molecular complexity index is 219. The largest absolute Gasteiger partial charge is 0.389 e. The normalized spacial score (nSPS) is 19.3. The van der Waals surface area contributed by atoms with Crippen LogP contribution in [0.5, 0.6) is 0 Å². The summed E-state index contributed by atoms with van der Waals surface area (Å²) in [6.07, 6.45) is -3.39. The van der Waals surface area contributed by atoms with E-state index in [1.807, 2.05) is 0 Å². The number of amides is 1. The van der Waals surface area contributed by atoms with E-state index in [2.05, 4.69) is 0 Å². The Morgan fingerprint density at radius 3 is 2.27 bits per heavy atom. The zero-order chi connectivity index (χ0) is 11.5. The molecule has 1 aliphatic heterocycles. The minimum atomic E-state index is -4.07. The van der Waals surface area contributed by atoms with Gasteiger partial charge in [-0.05, 0) is 18.8 Å². The van der Waals surface area contributed by atoms with E-state index in [4.69, 9.17) is 0 Å². The van der Waals surface area contributed by atoms with Gasteiger partial charge in [0.1, 0.15) is 0 Å². The Balaban J connectivity index is 2.33. The summed E-state index contributed by atoms with van der Waals surface area (Å²) in [5.41, 5.74) is 0. The van der Waals surface area contributed by atoms with Crippen molar-refractivity contribution in [1.82, 2.24) is 4.90 Å². The summed E-state index contributed by atoms with van der Waals surface area (Å²) in [5, 5.41) is 0. The average Bonchev–Trinajstić information content (AvgIpc) is 2.15. The second-order valence-corrected chi connectivity index (χ2v) is 4.00. The summed E-state index contributed by atoms with van der Waals surface area (Å²) in [6.45, 7) is 2.73. The van der Waals surface area contributed by atoms with Gasteiger partial charge < -0.3 is 4.90 Å². The van der Waals surface area contributed by atoms with Crippen molar-refractivity contribution < 1.29 is 18.0 Å². The first kappa shape index (κ1) is 12.3. The summed E-state index contributed by atoms with van der Waals surface area (Å²) in [5.74, 6) is -0.258. The molecule has 0 saturated carbocycles. The highest BCUT2D eigenvalue weighted by Crippen LogP contribution is 2.30. The van der Waals surface area contributed by atoms with Gasteiger partial charge in [0.25, 0.3) is 0 Å². The van der Waals surface area contributed by atoms with Crippen LogP contribution in [0, 0.1) is 5.92 Å². The molecule has 0 aromatic rings. The molecule has 5 heteroatoms. The van der Waals surface area contributed by atoms with Crippen LogP contribution in [0.1, 0.15) is 32.6 Å². The molecule has 0 aromatic carbocycles. The van der Waals surface area contributed by atoms with Crippen molar-refractivity contribution in [3.05, 3.63) is 0 Å². The van der Waals surface area contributed by atoms with E-state index in [9.17, 15) is 18.0 Å². The summed E-state index contributed by atoms with van der Waals surface area (Å²) in [6, 6.07) is 0. The SMILES string of the molecule is CCC(=O)N1CCC(CC(F)(F)F)CC1. The van der Waals surface area contributed by atoms with Crippen molar-refractivity contribution in [2.75, 3.05) is 13.1 Å². The monoisotopic (exact) mass is 223 g/mol. The van der Waals surface area contributed by atoms with Gasteiger partial charge in [0, 0.05) is 25.9 Å². The van der Waals surface area contributed by atoms with Crippen molar-refractivity contribution in [3.8, 4) is 0 Å². The molecule has 1 saturated heterocycles. The molecule has 0 bridgehead atoms. The molecule has 2 nitrogen and oxygen atoms in total. The molecule has 0 radical (unpaired) electrons. The number of hydrogen-bond acceptors (Lipinski definition) is 1. The highest BCUT2D eigenvalue weighted by molar-refractivity contribution is 5.75. The fourth-order valence-electron chi connectivity index (χ4n) is 1.94. The number of halogens is 3. The fraction of sp³-hybridized carbons (Fsp3) is 0.900. The van der Waals surface area contributed by atoms with Crippen LogP contribution < -0.4 is 0 Å². The lowest BCUT2D eigenvalue weighted by atomic mass is 9.93. The van der Waals surface area contributed by atoms with E-state index in [1.165, 1.54) is 0 Å². The van der Waals surface area contributed by atoms with Crippen LogP contribution >= 0.6 is 0 Å². The van der Waals surface area contributed by atoms with Crippen LogP contribution in [0.4, 0.5) is 13.2 Å². The molecule has 0 atom stereocenters. The predicted octanol–water partition coefficient (Wildman–Crippen LogP) is 2.59. The smallest absolute Gasteiger partial charge is 0.343 e. The van der Waals surface area contributed by atoms with Gasteiger partial charge in [-0.25, -0.2) is 0 Å². The van der Waals surface area contributed by atoms with Crippen LogP contribution in [0.25, 0.3) is 0 Å². The third-order valence-corrected chi connectivity index (χ3v) is 2.79.